The Morgan fingerprint density at radius 2 is 1.83 bits per heavy atom. The minimum absolute atomic E-state index is 0.807. The van der Waals surface area contributed by atoms with Gasteiger partial charge in [0.2, 0.25) is 0 Å². The smallest absolute Gasteiger partial charge is 0.144 e. The normalized spacial score (nSPS) is 9.58. The molecule has 0 spiro atoms. The van der Waals surface area contributed by atoms with E-state index in [1.165, 1.54) is 0 Å². The first-order valence-corrected chi connectivity index (χ1v) is 3.70. The summed E-state index contributed by atoms with van der Waals surface area (Å²) in [6, 6.07) is 7.69. The lowest BCUT2D eigenvalue weighted by atomic mass is 10.3. The number of anilines is 1. The number of methoxy groups -OCH3 is 1. The summed E-state index contributed by atoms with van der Waals surface area (Å²) >= 11 is 0. The Morgan fingerprint density at radius 1 is 1.17 bits per heavy atom. The highest BCUT2D eigenvalue weighted by Crippen LogP contribution is 2.25. The fourth-order valence-electron chi connectivity index (χ4n) is 0.988. The highest BCUT2D eigenvalue weighted by atomic mass is 16.7. The highest BCUT2D eigenvalue weighted by molar-refractivity contribution is 5.56. The van der Waals surface area contributed by atoms with Crippen molar-refractivity contribution in [1.29, 1.82) is 0 Å². The Hall–Kier alpha value is -1.22. The quantitative estimate of drug-likeness (QED) is 0.639. The second-order valence-corrected chi connectivity index (χ2v) is 2.35. The molecule has 0 bridgehead atoms. The molecule has 0 aliphatic rings. The Labute approximate surface area is 72.5 Å². The topological polar surface area (TPSA) is 21.7 Å². The van der Waals surface area contributed by atoms with Gasteiger partial charge < -0.3 is 4.74 Å². The van der Waals surface area contributed by atoms with Crippen LogP contribution in [0.15, 0.2) is 24.3 Å². The molecule has 12 heavy (non-hydrogen) atoms. The summed E-state index contributed by atoms with van der Waals surface area (Å²) in [7, 11) is 5.09. The minimum Gasteiger partial charge on any atom is -0.494 e. The lowest BCUT2D eigenvalue weighted by Crippen LogP contribution is -2.15. The molecule has 0 aliphatic heterocycles. The maximum atomic E-state index is 5.15. The third-order valence-corrected chi connectivity index (χ3v) is 1.70. The van der Waals surface area contributed by atoms with Crippen LogP contribution in [0.1, 0.15) is 0 Å². The molecule has 0 unspecified atom stereocenters. The standard InChI is InChI=1S/C9H13NO2/c1-10(12-3)8-6-4-5-7-9(8)11-2/h4-7H,1-3H3. The third-order valence-electron chi connectivity index (χ3n) is 1.70. The molecule has 0 heterocycles. The molecule has 1 aromatic rings. The van der Waals surface area contributed by atoms with Gasteiger partial charge in [0.1, 0.15) is 11.4 Å². The van der Waals surface area contributed by atoms with E-state index < -0.39 is 0 Å². The van der Waals surface area contributed by atoms with Crippen molar-refractivity contribution in [3.63, 3.8) is 0 Å². The third kappa shape index (κ3) is 1.68. The van der Waals surface area contributed by atoms with Crippen LogP contribution in [-0.2, 0) is 4.84 Å². The zero-order valence-electron chi connectivity index (χ0n) is 7.57. The number of hydrogen-bond donors (Lipinski definition) is 0. The van der Waals surface area contributed by atoms with Crippen molar-refractivity contribution in [2.75, 3.05) is 26.3 Å². The number of hydrogen-bond acceptors (Lipinski definition) is 3. The van der Waals surface area contributed by atoms with E-state index in [1.807, 2.05) is 31.3 Å². The fraction of sp³-hybridized carbons (Fsp3) is 0.333. The second-order valence-electron chi connectivity index (χ2n) is 2.35. The first-order valence-electron chi connectivity index (χ1n) is 3.70. The molecule has 1 rings (SSSR count). The summed E-state index contributed by atoms with van der Waals surface area (Å²) in [4.78, 5) is 5.03. The molecule has 0 fully saturated rings. The maximum Gasteiger partial charge on any atom is 0.144 e. The van der Waals surface area contributed by atoms with Crippen LogP contribution in [0.2, 0.25) is 0 Å². The van der Waals surface area contributed by atoms with Gasteiger partial charge in [0.05, 0.1) is 14.2 Å². The zero-order chi connectivity index (χ0) is 8.97. The van der Waals surface area contributed by atoms with Crippen LogP contribution in [-0.4, -0.2) is 21.3 Å². The van der Waals surface area contributed by atoms with Gasteiger partial charge in [-0.15, -0.1) is 0 Å². The molecule has 0 aliphatic carbocycles. The molecule has 3 nitrogen and oxygen atoms in total. The van der Waals surface area contributed by atoms with Gasteiger partial charge in [-0.1, -0.05) is 12.1 Å². The molecule has 0 aromatic heterocycles. The number of para-hydroxylation sites is 2. The first kappa shape index (κ1) is 8.87. The van der Waals surface area contributed by atoms with Gasteiger partial charge in [-0.3, -0.25) is 9.90 Å². The number of benzene rings is 1. The van der Waals surface area contributed by atoms with E-state index in [1.54, 1.807) is 19.3 Å². The molecule has 0 amide bonds. The summed E-state index contributed by atoms with van der Waals surface area (Å²) in [6.07, 6.45) is 0. The van der Waals surface area contributed by atoms with Crippen LogP contribution in [0.4, 0.5) is 5.69 Å². The van der Waals surface area contributed by atoms with E-state index >= 15 is 0 Å². The van der Waals surface area contributed by atoms with Crippen molar-refractivity contribution in [3.05, 3.63) is 24.3 Å². The summed E-state index contributed by atoms with van der Waals surface area (Å²) < 4.78 is 5.15. The molecule has 0 radical (unpaired) electrons. The van der Waals surface area contributed by atoms with Crippen LogP contribution < -0.4 is 9.80 Å². The predicted octanol–water partition coefficient (Wildman–Crippen LogP) is 1.69. The SMILES string of the molecule is COc1ccccc1N(C)OC. The molecular formula is C9H13NO2. The van der Waals surface area contributed by atoms with Gasteiger partial charge in [-0.05, 0) is 12.1 Å². The summed E-state index contributed by atoms with van der Waals surface area (Å²) in [5.41, 5.74) is 0.919. The summed E-state index contributed by atoms with van der Waals surface area (Å²) in [5.74, 6) is 0.807. The fourth-order valence-corrected chi connectivity index (χ4v) is 0.988. The van der Waals surface area contributed by atoms with Crippen molar-refractivity contribution >= 4 is 5.69 Å². The van der Waals surface area contributed by atoms with Crippen LogP contribution >= 0.6 is 0 Å². The van der Waals surface area contributed by atoms with Crippen LogP contribution in [0.25, 0.3) is 0 Å². The van der Waals surface area contributed by atoms with E-state index in [0.29, 0.717) is 0 Å². The predicted molar refractivity (Wildman–Crippen MR) is 48.4 cm³/mol. The number of hydroxylamine groups is 1. The van der Waals surface area contributed by atoms with Gasteiger partial charge >= 0.3 is 0 Å². The molecule has 1 aromatic carbocycles. The van der Waals surface area contributed by atoms with E-state index in [2.05, 4.69) is 0 Å². The molecule has 0 N–H and O–H groups in total. The lowest BCUT2D eigenvalue weighted by molar-refractivity contribution is 0.182. The molecule has 3 heteroatoms. The average molecular weight is 167 g/mol. The van der Waals surface area contributed by atoms with E-state index in [0.717, 1.165) is 11.4 Å². The Bertz CT molecular complexity index is 250. The zero-order valence-corrected chi connectivity index (χ0v) is 7.57. The minimum atomic E-state index is 0.807. The van der Waals surface area contributed by atoms with Gasteiger partial charge in [-0.25, -0.2) is 0 Å². The Kier molecular flexibility index (Phi) is 2.94. The van der Waals surface area contributed by atoms with Crippen LogP contribution in [0.3, 0.4) is 0 Å². The van der Waals surface area contributed by atoms with Gasteiger partial charge in [-0.2, -0.15) is 0 Å². The first-order chi connectivity index (χ1) is 5.79. The number of ether oxygens (including phenoxy) is 1. The number of nitrogens with zero attached hydrogens (tertiary/aromatic N) is 1. The molecule has 66 valence electrons. The second kappa shape index (κ2) is 3.97. The van der Waals surface area contributed by atoms with Gasteiger partial charge in [0.15, 0.2) is 0 Å². The Balaban J connectivity index is 2.96. The largest absolute Gasteiger partial charge is 0.494 e. The highest BCUT2D eigenvalue weighted by Gasteiger charge is 2.04. The van der Waals surface area contributed by atoms with Crippen molar-refractivity contribution in [2.24, 2.45) is 0 Å². The van der Waals surface area contributed by atoms with Crippen molar-refractivity contribution in [2.45, 2.75) is 0 Å². The number of rotatable bonds is 3. The van der Waals surface area contributed by atoms with Crippen molar-refractivity contribution in [1.82, 2.24) is 0 Å². The maximum absolute atomic E-state index is 5.15. The average Bonchev–Trinajstić information content (AvgIpc) is 2.16. The molecule has 0 saturated heterocycles. The molecule has 0 saturated carbocycles. The van der Waals surface area contributed by atoms with E-state index in [-0.39, 0.29) is 0 Å². The van der Waals surface area contributed by atoms with Gasteiger partial charge in [0, 0.05) is 7.05 Å². The molecular weight excluding hydrogens is 154 g/mol. The van der Waals surface area contributed by atoms with E-state index in [9.17, 15) is 0 Å². The monoisotopic (exact) mass is 167 g/mol. The van der Waals surface area contributed by atoms with Gasteiger partial charge in [0.25, 0.3) is 0 Å². The van der Waals surface area contributed by atoms with Crippen LogP contribution in [0, 0.1) is 0 Å². The van der Waals surface area contributed by atoms with Crippen molar-refractivity contribution < 1.29 is 9.57 Å². The Morgan fingerprint density at radius 3 is 2.42 bits per heavy atom. The summed E-state index contributed by atoms with van der Waals surface area (Å²) in [6.45, 7) is 0. The summed E-state index contributed by atoms with van der Waals surface area (Å²) in [5, 5.41) is 1.65. The van der Waals surface area contributed by atoms with E-state index in [4.69, 9.17) is 9.57 Å². The van der Waals surface area contributed by atoms with Crippen LogP contribution in [0.5, 0.6) is 5.75 Å². The lowest BCUT2D eigenvalue weighted by Gasteiger charge is -2.18. The molecule has 0 atom stereocenters. The van der Waals surface area contributed by atoms with Crippen molar-refractivity contribution in [3.8, 4) is 5.75 Å².